The molecule has 0 atom stereocenters. The maximum absolute atomic E-state index is 12.1. The summed E-state index contributed by atoms with van der Waals surface area (Å²) in [5.74, 6) is 1.43. The molecule has 1 N–H and O–H groups in total. The first kappa shape index (κ1) is 16.8. The van der Waals surface area contributed by atoms with Gasteiger partial charge in [-0.05, 0) is 42.3 Å². The summed E-state index contributed by atoms with van der Waals surface area (Å²) >= 11 is 0. The van der Waals surface area contributed by atoms with Crippen LogP contribution in [0.2, 0.25) is 0 Å². The van der Waals surface area contributed by atoms with Gasteiger partial charge in [0.25, 0.3) is 0 Å². The van der Waals surface area contributed by atoms with Gasteiger partial charge in [-0.25, -0.2) is 9.67 Å². The number of nitrogens with zero attached hydrogens (tertiary/aromatic N) is 7. The van der Waals surface area contributed by atoms with Crippen molar-refractivity contribution in [2.75, 3.05) is 18.0 Å². The van der Waals surface area contributed by atoms with Crippen molar-refractivity contribution in [2.24, 2.45) is 0 Å². The van der Waals surface area contributed by atoms with Crippen LogP contribution >= 0.6 is 0 Å². The van der Waals surface area contributed by atoms with Gasteiger partial charge in [0, 0.05) is 31.7 Å². The number of nitrogens with one attached hydrogen (secondary N) is 1. The predicted molar refractivity (Wildman–Crippen MR) is 89.5 cm³/mol. The third-order valence-corrected chi connectivity index (χ3v) is 4.33. The molecule has 0 radical (unpaired) electrons. The van der Waals surface area contributed by atoms with Crippen LogP contribution in [0.4, 0.5) is 5.82 Å². The molecule has 130 valence electrons. The molecule has 1 fully saturated rings. The fraction of sp³-hybridized carbons (Fsp3) is 0.500. The first-order valence-corrected chi connectivity index (χ1v) is 8.29. The van der Waals surface area contributed by atoms with Gasteiger partial charge in [0.05, 0.1) is 12.1 Å². The molecule has 1 saturated heterocycles. The fourth-order valence-corrected chi connectivity index (χ4v) is 2.94. The van der Waals surface area contributed by atoms with E-state index in [0.29, 0.717) is 24.4 Å². The van der Waals surface area contributed by atoms with Crippen LogP contribution in [-0.4, -0.2) is 50.2 Å². The highest BCUT2D eigenvalue weighted by molar-refractivity contribution is 5.76. The Labute approximate surface area is 145 Å². The average Bonchev–Trinajstić information content (AvgIpc) is 3.05. The monoisotopic (exact) mass is 340 g/mol. The molecule has 0 unspecified atom stereocenters. The average molecular weight is 340 g/mol. The largest absolute Gasteiger partial charge is 0.355 e. The molecular weight excluding hydrogens is 320 g/mol. The Bertz CT molecular complexity index is 772. The summed E-state index contributed by atoms with van der Waals surface area (Å²) in [4.78, 5) is 18.5. The summed E-state index contributed by atoms with van der Waals surface area (Å²) < 4.78 is 1.62. The maximum Gasteiger partial charge on any atom is 0.222 e. The number of piperidine rings is 1. The highest BCUT2D eigenvalue weighted by Crippen LogP contribution is 2.21. The summed E-state index contributed by atoms with van der Waals surface area (Å²) in [6.07, 6.45) is 3.71. The second kappa shape index (κ2) is 7.70. The SMILES string of the molecule is Cc1nnnn1CCC(=O)NC1CCN(c2ncccc2C#N)CC1. The van der Waals surface area contributed by atoms with Gasteiger partial charge in [0.15, 0.2) is 0 Å². The molecule has 0 bridgehead atoms. The van der Waals surface area contributed by atoms with E-state index in [1.165, 1.54) is 0 Å². The molecule has 2 aromatic rings. The first-order valence-electron chi connectivity index (χ1n) is 8.29. The Morgan fingerprint density at radius 2 is 2.24 bits per heavy atom. The van der Waals surface area contributed by atoms with Gasteiger partial charge < -0.3 is 10.2 Å². The zero-order chi connectivity index (χ0) is 17.6. The minimum Gasteiger partial charge on any atom is -0.355 e. The molecule has 3 heterocycles. The number of tetrazole rings is 1. The molecule has 9 nitrogen and oxygen atoms in total. The molecule has 0 aromatic carbocycles. The summed E-state index contributed by atoms with van der Waals surface area (Å²) in [5.41, 5.74) is 0.585. The second-order valence-corrected chi connectivity index (χ2v) is 6.01. The zero-order valence-corrected chi connectivity index (χ0v) is 14.1. The number of hydrogen-bond donors (Lipinski definition) is 1. The van der Waals surface area contributed by atoms with Crippen molar-refractivity contribution in [3.8, 4) is 6.07 Å². The molecule has 0 spiro atoms. The van der Waals surface area contributed by atoms with Gasteiger partial charge in [-0.3, -0.25) is 4.79 Å². The molecule has 1 aliphatic rings. The van der Waals surface area contributed by atoms with E-state index in [1.807, 2.05) is 0 Å². The predicted octanol–water partition coefficient (Wildman–Crippen LogP) is 0.424. The van der Waals surface area contributed by atoms with Gasteiger partial charge in [-0.15, -0.1) is 5.10 Å². The Kier molecular flexibility index (Phi) is 5.18. The van der Waals surface area contributed by atoms with Crippen molar-refractivity contribution in [1.82, 2.24) is 30.5 Å². The van der Waals surface area contributed by atoms with Crippen molar-refractivity contribution in [3.05, 3.63) is 29.7 Å². The third kappa shape index (κ3) is 4.09. The second-order valence-electron chi connectivity index (χ2n) is 6.01. The topological polar surface area (TPSA) is 113 Å². The molecule has 2 aromatic heterocycles. The molecule has 3 rings (SSSR count). The summed E-state index contributed by atoms with van der Waals surface area (Å²) in [7, 11) is 0. The molecule has 1 amide bonds. The van der Waals surface area contributed by atoms with Crippen molar-refractivity contribution >= 4 is 11.7 Å². The highest BCUT2D eigenvalue weighted by Gasteiger charge is 2.23. The van der Waals surface area contributed by atoms with Crippen LogP contribution in [0.25, 0.3) is 0 Å². The Morgan fingerprint density at radius 3 is 2.92 bits per heavy atom. The summed E-state index contributed by atoms with van der Waals surface area (Å²) in [6, 6.07) is 5.87. The van der Waals surface area contributed by atoms with Crippen LogP contribution in [0.5, 0.6) is 0 Å². The van der Waals surface area contributed by atoms with Gasteiger partial charge in [0.2, 0.25) is 5.91 Å². The van der Waals surface area contributed by atoms with Gasteiger partial charge in [-0.2, -0.15) is 5.26 Å². The number of amides is 1. The first-order chi connectivity index (χ1) is 12.2. The molecular formula is C16H20N8O. The van der Waals surface area contributed by atoms with E-state index in [1.54, 1.807) is 29.9 Å². The van der Waals surface area contributed by atoms with Crippen molar-refractivity contribution in [3.63, 3.8) is 0 Å². The number of carbonyl (C=O) groups excluding carboxylic acids is 1. The van der Waals surface area contributed by atoms with Crippen LogP contribution in [0.15, 0.2) is 18.3 Å². The molecule has 9 heteroatoms. The quantitative estimate of drug-likeness (QED) is 0.839. The summed E-state index contributed by atoms with van der Waals surface area (Å²) in [6.45, 7) is 3.81. The van der Waals surface area contributed by atoms with E-state index >= 15 is 0 Å². The summed E-state index contributed by atoms with van der Waals surface area (Å²) in [5, 5.41) is 23.4. The number of hydrogen-bond acceptors (Lipinski definition) is 7. The Hall–Kier alpha value is -3.02. The standard InChI is InChI=1S/C16H20N8O/c1-12-20-21-22-24(12)10-6-15(25)19-14-4-8-23(9-5-14)16-13(11-17)3-2-7-18-16/h2-3,7,14H,4-6,8-10H2,1H3,(H,19,25). The van der Waals surface area contributed by atoms with E-state index < -0.39 is 0 Å². The van der Waals surface area contributed by atoms with Crippen molar-refractivity contribution < 1.29 is 4.79 Å². The van der Waals surface area contributed by atoms with Gasteiger partial charge >= 0.3 is 0 Å². The number of nitriles is 1. The molecule has 0 aliphatic carbocycles. The van der Waals surface area contributed by atoms with Crippen molar-refractivity contribution in [1.29, 1.82) is 5.26 Å². The van der Waals surface area contributed by atoms with Crippen LogP contribution in [0.3, 0.4) is 0 Å². The van der Waals surface area contributed by atoms with Gasteiger partial charge in [0.1, 0.15) is 17.7 Å². The van der Waals surface area contributed by atoms with Crippen molar-refractivity contribution in [2.45, 2.75) is 38.8 Å². The maximum atomic E-state index is 12.1. The number of pyridine rings is 1. The van der Waals surface area contributed by atoms with E-state index in [0.717, 1.165) is 31.7 Å². The highest BCUT2D eigenvalue weighted by atomic mass is 16.1. The van der Waals surface area contributed by atoms with Crippen LogP contribution in [0.1, 0.15) is 30.7 Å². The lowest BCUT2D eigenvalue weighted by Gasteiger charge is -2.33. The lowest BCUT2D eigenvalue weighted by molar-refractivity contribution is -0.122. The Balaban J connectivity index is 1.47. The molecule has 0 saturated carbocycles. The smallest absolute Gasteiger partial charge is 0.222 e. The number of aryl methyl sites for hydroxylation is 2. The number of carbonyl (C=O) groups is 1. The zero-order valence-electron chi connectivity index (χ0n) is 14.1. The third-order valence-electron chi connectivity index (χ3n) is 4.33. The minimum atomic E-state index is 0.00361. The Morgan fingerprint density at radius 1 is 1.44 bits per heavy atom. The van der Waals surface area contributed by atoms with Crippen LogP contribution in [0, 0.1) is 18.3 Å². The lowest BCUT2D eigenvalue weighted by atomic mass is 10.0. The lowest BCUT2D eigenvalue weighted by Crippen LogP contribution is -2.45. The minimum absolute atomic E-state index is 0.00361. The van der Waals surface area contributed by atoms with Crippen LogP contribution < -0.4 is 10.2 Å². The van der Waals surface area contributed by atoms with Crippen LogP contribution in [-0.2, 0) is 11.3 Å². The van der Waals surface area contributed by atoms with E-state index in [2.05, 4.69) is 36.8 Å². The number of aromatic nitrogens is 5. The fourth-order valence-electron chi connectivity index (χ4n) is 2.94. The van der Waals surface area contributed by atoms with E-state index in [9.17, 15) is 10.1 Å². The number of rotatable bonds is 5. The van der Waals surface area contributed by atoms with Gasteiger partial charge in [-0.1, -0.05) is 0 Å². The van der Waals surface area contributed by atoms with E-state index in [4.69, 9.17) is 0 Å². The number of anilines is 1. The van der Waals surface area contributed by atoms with E-state index in [-0.39, 0.29) is 11.9 Å². The molecule has 25 heavy (non-hydrogen) atoms. The molecule has 1 aliphatic heterocycles. The normalized spacial score (nSPS) is 15.0.